The standard InChI is InChI=1S/C16H27NO3/c1-14(17-10-3-12-20-13-11-18)4-5-15-6-8-16(19-2)9-7-15/h6-9,14,17-18H,3-5,10-13H2,1-2H3. The molecule has 1 atom stereocenters. The van der Waals surface area contributed by atoms with E-state index >= 15 is 0 Å². The molecule has 20 heavy (non-hydrogen) atoms. The molecule has 114 valence electrons. The van der Waals surface area contributed by atoms with E-state index in [1.165, 1.54) is 5.56 Å². The number of nitrogens with one attached hydrogen (secondary N) is 1. The first-order valence-electron chi connectivity index (χ1n) is 7.31. The smallest absolute Gasteiger partial charge is 0.118 e. The minimum Gasteiger partial charge on any atom is -0.497 e. The molecule has 0 aliphatic rings. The Morgan fingerprint density at radius 2 is 1.95 bits per heavy atom. The molecule has 4 heteroatoms. The summed E-state index contributed by atoms with van der Waals surface area (Å²) in [6.07, 6.45) is 3.16. The Kier molecular flexibility index (Phi) is 9.04. The zero-order valence-electron chi connectivity index (χ0n) is 12.6. The minimum atomic E-state index is 0.103. The number of aliphatic hydroxyl groups excluding tert-OH is 1. The van der Waals surface area contributed by atoms with Crippen molar-refractivity contribution in [3.8, 4) is 5.75 Å². The van der Waals surface area contributed by atoms with Crippen LogP contribution in [-0.4, -0.2) is 44.6 Å². The van der Waals surface area contributed by atoms with Gasteiger partial charge in [-0.25, -0.2) is 0 Å². The van der Waals surface area contributed by atoms with Crippen molar-refractivity contribution in [2.24, 2.45) is 0 Å². The highest BCUT2D eigenvalue weighted by atomic mass is 16.5. The Morgan fingerprint density at radius 3 is 2.60 bits per heavy atom. The number of hydrogen-bond donors (Lipinski definition) is 2. The van der Waals surface area contributed by atoms with Gasteiger partial charge in [0.25, 0.3) is 0 Å². The summed E-state index contributed by atoms with van der Waals surface area (Å²) in [4.78, 5) is 0. The van der Waals surface area contributed by atoms with E-state index in [9.17, 15) is 0 Å². The van der Waals surface area contributed by atoms with E-state index in [4.69, 9.17) is 14.6 Å². The van der Waals surface area contributed by atoms with Gasteiger partial charge in [-0.2, -0.15) is 0 Å². The number of methoxy groups -OCH3 is 1. The summed E-state index contributed by atoms with van der Waals surface area (Å²) in [6.45, 7) is 4.41. The second-order valence-corrected chi connectivity index (χ2v) is 4.93. The zero-order valence-corrected chi connectivity index (χ0v) is 12.6. The lowest BCUT2D eigenvalue weighted by atomic mass is 10.1. The van der Waals surface area contributed by atoms with Gasteiger partial charge < -0.3 is 19.9 Å². The van der Waals surface area contributed by atoms with Crippen LogP contribution < -0.4 is 10.1 Å². The van der Waals surface area contributed by atoms with E-state index in [0.717, 1.165) is 31.6 Å². The first-order chi connectivity index (χ1) is 9.76. The zero-order chi connectivity index (χ0) is 14.6. The first-order valence-corrected chi connectivity index (χ1v) is 7.31. The molecule has 2 N–H and O–H groups in total. The fraction of sp³-hybridized carbons (Fsp3) is 0.625. The average Bonchev–Trinajstić information content (AvgIpc) is 2.49. The normalized spacial score (nSPS) is 12.3. The molecular weight excluding hydrogens is 254 g/mol. The lowest BCUT2D eigenvalue weighted by Crippen LogP contribution is -2.28. The summed E-state index contributed by atoms with van der Waals surface area (Å²) in [6, 6.07) is 8.75. The van der Waals surface area contributed by atoms with Gasteiger partial charge in [0.15, 0.2) is 0 Å². The molecule has 1 unspecified atom stereocenters. The number of aryl methyl sites for hydroxylation is 1. The van der Waals surface area contributed by atoms with Crippen molar-refractivity contribution in [2.45, 2.75) is 32.2 Å². The van der Waals surface area contributed by atoms with E-state index in [-0.39, 0.29) is 6.61 Å². The molecule has 0 aromatic heterocycles. The highest BCUT2D eigenvalue weighted by Gasteiger charge is 2.02. The maximum atomic E-state index is 8.57. The van der Waals surface area contributed by atoms with Gasteiger partial charge in [-0.3, -0.25) is 0 Å². The molecule has 0 aliphatic carbocycles. The number of benzene rings is 1. The molecule has 4 nitrogen and oxygen atoms in total. The summed E-state index contributed by atoms with van der Waals surface area (Å²) < 4.78 is 10.4. The summed E-state index contributed by atoms with van der Waals surface area (Å²) in [5, 5.41) is 12.1. The SMILES string of the molecule is COc1ccc(CCC(C)NCCCOCCO)cc1. The van der Waals surface area contributed by atoms with Crippen molar-refractivity contribution < 1.29 is 14.6 Å². The third-order valence-corrected chi connectivity index (χ3v) is 3.22. The largest absolute Gasteiger partial charge is 0.497 e. The van der Waals surface area contributed by atoms with Gasteiger partial charge in [-0.15, -0.1) is 0 Å². The van der Waals surface area contributed by atoms with Crippen LogP contribution in [0.2, 0.25) is 0 Å². The van der Waals surface area contributed by atoms with E-state index in [0.29, 0.717) is 19.3 Å². The first kappa shape index (κ1) is 17.0. The molecule has 0 saturated heterocycles. The van der Waals surface area contributed by atoms with Crippen molar-refractivity contribution >= 4 is 0 Å². The molecule has 0 bridgehead atoms. The monoisotopic (exact) mass is 281 g/mol. The lowest BCUT2D eigenvalue weighted by molar-refractivity contribution is 0.0904. The van der Waals surface area contributed by atoms with Crippen LogP contribution in [0.5, 0.6) is 5.75 Å². The highest BCUT2D eigenvalue weighted by molar-refractivity contribution is 5.27. The minimum absolute atomic E-state index is 0.103. The van der Waals surface area contributed by atoms with Crippen LogP contribution in [0, 0.1) is 0 Å². The van der Waals surface area contributed by atoms with Crippen LogP contribution in [0.25, 0.3) is 0 Å². The molecule has 0 heterocycles. The van der Waals surface area contributed by atoms with Gasteiger partial charge in [0.2, 0.25) is 0 Å². The number of rotatable bonds is 11. The van der Waals surface area contributed by atoms with Crippen molar-refractivity contribution in [1.82, 2.24) is 5.32 Å². The third kappa shape index (κ3) is 7.48. The Balaban J connectivity index is 2.08. The summed E-state index contributed by atoms with van der Waals surface area (Å²) in [5.74, 6) is 0.905. The van der Waals surface area contributed by atoms with Gasteiger partial charge >= 0.3 is 0 Å². The topological polar surface area (TPSA) is 50.7 Å². The molecular formula is C16H27NO3. The average molecular weight is 281 g/mol. The van der Waals surface area contributed by atoms with Crippen molar-refractivity contribution in [3.63, 3.8) is 0 Å². The Bertz CT molecular complexity index is 340. The number of hydrogen-bond acceptors (Lipinski definition) is 4. The van der Waals surface area contributed by atoms with Crippen LogP contribution >= 0.6 is 0 Å². The van der Waals surface area contributed by atoms with Gasteiger partial charge in [0, 0.05) is 12.6 Å². The molecule has 0 aliphatic heterocycles. The third-order valence-electron chi connectivity index (χ3n) is 3.22. The van der Waals surface area contributed by atoms with E-state index in [2.05, 4.69) is 24.4 Å². The van der Waals surface area contributed by atoms with Crippen molar-refractivity contribution in [1.29, 1.82) is 0 Å². The fourth-order valence-corrected chi connectivity index (χ4v) is 1.97. The molecule has 0 radical (unpaired) electrons. The number of ether oxygens (including phenoxy) is 2. The van der Waals surface area contributed by atoms with Gasteiger partial charge in [0.1, 0.15) is 5.75 Å². The van der Waals surface area contributed by atoms with Gasteiger partial charge in [-0.05, 0) is 50.4 Å². The van der Waals surface area contributed by atoms with Crippen LogP contribution in [0.4, 0.5) is 0 Å². The van der Waals surface area contributed by atoms with Crippen LogP contribution in [-0.2, 0) is 11.2 Å². The van der Waals surface area contributed by atoms with Crippen molar-refractivity contribution in [3.05, 3.63) is 29.8 Å². The van der Waals surface area contributed by atoms with Gasteiger partial charge in [0.05, 0.1) is 20.3 Å². The van der Waals surface area contributed by atoms with Crippen LogP contribution in [0.15, 0.2) is 24.3 Å². The summed E-state index contributed by atoms with van der Waals surface area (Å²) in [7, 11) is 1.69. The van der Waals surface area contributed by atoms with Crippen molar-refractivity contribution in [2.75, 3.05) is 33.5 Å². The Morgan fingerprint density at radius 1 is 1.20 bits per heavy atom. The van der Waals surface area contributed by atoms with Gasteiger partial charge in [-0.1, -0.05) is 12.1 Å². The molecule has 1 rings (SSSR count). The lowest BCUT2D eigenvalue weighted by Gasteiger charge is -2.14. The fourth-order valence-electron chi connectivity index (χ4n) is 1.97. The summed E-state index contributed by atoms with van der Waals surface area (Å²) in [5.41, 5.74) is 1.34. The molecule has 0 fully saturated rings. The molecule has 1 aromatic rings. The quantitative estimate of drug-likeness (QED) is 0.609. The molecule has 0 amide bonds. The maximum absolute atomic E-state index is 8.57. The second kappa shape index (κ2) is 10.7. The molecule has 0 saturated carbocycles. The second-order valence-electron chi connectivity index (χ2n) is 4.93. The molecule has 0 spiro atoms. The highest BCUT2D eigenvalue weighted by Crippen LogP contribution is 2.13. The van der Waals surface area contributed by atoms with E-state index in [1.54, 1.807) is 7.11 Å². The van der Waals surface area contributed by atoms with Crippen LogP contribution in [0.3, 0.4) is 0 Å². The number of aliphatic hydroxyl groups is 1. The van der Waals surface area contributed by atoms with E-state index < -0.39 is 0 Å². The Labute approximate surface area is 122 Å². The summed E-state index contributed by atoms with van der Waals surface area (Å²) >= 11 is 0. The molecule has 1 aromatic carbocycles. The van der Waals surface area contributed by atoms with Crippen LogP contribution in [0.1, 0.15) is 25.3 Å². The van der Waals surface area contributed by atoms with E-state index in [1.807, 2.05) is 12.1 Å². The Hall–Kier alpha value is -1.10. The predicted molar refractivity (Wildman–Crippen MR) is 81.3 cm³/mol. The maximum Gasteiger partial charge on any atom is 0.118 e. The predicted octanol–water partition coefficient (Wildman–Crippen LogP) is 2.00.